The third-order valence-electron chi connectivity index (χ3n) is 3.68. The number of nitrogens with zero attached hydrogens (tertiary/aromatic N) is 2. The molecule has 0 fully saturated rings. The monoisotopic (exact) mass is 357 g/mol. The molecule has 2 N–H and O–H groups in total. The fourth-order valence-corrected chi connectivity index (χ4v) is 2.43. The highest BCUT2D eigenvalue weighted by molar-refractivity contribution is 5.94. The zero-order valence-electron chi connectivity index (χ0n) is 14.3. The largest absolute Gasteiger partial charge is 0.476 e. The van der Waals surface area contributed by atoms with Gasteiger partial charge in [0.2, 0.25) is 5.69 Å². The topological polar surface area (TPSA) is 88.1 Å². The van der Waals surface area contributed by atoms with Crippen molar-refractivity contribution >= 4 is 16.7 Å². The van der Waals surface area contributed by atoms with Gasteiger partial charge in [-0.15, -0.1) is 0 Å². The Labute approximate surface area is 155 Å². The number of allylic oxidation sites excluding steroid dienone is 4. The van der Waals surface area contributed by atoms with Gasteiger partial charge in [0.15, 0.2) is 0 Å². The number of nitrogens with one attached hydrogen (secondary N) is 1. The summed E-state index contributed by atoms with van der Waals surface area (Å²) < 4.78 is 5.69. The van der Waals surface area contributed by atoms with Gasteiger partial charge in [-0.3, -0.25) is 0 Å². The van der Waals surface area contributed by atoms with Crippen LogP contribution >= 0.6 is 0 Å². The minimum atomic E-state index is -1.20. The van der Waals surface area contributed by atoms with Gasteiger partial charge in [-0.2, -0.15) is 0 Å². The molecule has 0 spiro atoms. The number of carboxylic acid groups (broad SMARTS) is 1. The smallest absolute Gasteiger partial charge is 0.359 e. The lowest BCUT2D eigenvalue weighted by Crippen LogP contribution is -2.00. The lowest BCUT2D eigenvalue weighted by molar-refractivity contribution is 0.0687. The number of carbonyl (C=O) groups is 1. The maximum atomic E-state index is 11.2. The van der Waals surface area contributed by atoms with Crippen molar-refractivity contribution in [3.05, 3.63) is 84.6 Å². The Morgan fingerprint density at radius 2 is 1.96 bits per heavy atom. The van der Waals surface area contributed by atoms with Crippen molar-refractivity contribution in [2.24, 2.45) is 0 Å². The van der Waals surface area contributed by atoms with E-state index in [1.165, 1.54) is 0 Å². The molecule has 0 amide bonds. The SMILES string of the molecule is C=C/C=C(/C#Cc1ccc(Oc2nn[nH]c2C(=O)O)c2ccccc12)C=C. The summed E-state index contributed by atoms with van der Waals surface area (Å²) in [5, 5.41) is 20.3. The van der Waals surface area contributed by atoms with E-state index < -0.39 is 5.97 Å². The number of aromatic amines is 1. The van der Waals surface area contributed by atoms with Gasteiger partial charge in [-0.25, -0.2) is 9.89 Å². The van der Waals surface area contributed by atoms with Crippen molar-refractivity contribution in [2.45, 2.75) is 0 Å². The highest BCUT2D eigenvalue weighted by Crippen LogP contribution is 2.32. The van der Waals surface area contributed by atoms with Crippen molar-refractivity contribution < 1.29 is 14.6 Å². The summed E-state index contributed by atoms with van der Waals surface area (Å²) in [4.78, 5) is 11.2. The van der Waals surface area contributed by atoms with Crippen LogP contribution < -0.4 is 4.74 Å². The van der Waals surface area contributed by atoms with E-state index in [9.17, 15) is 4.79 Å². The molecular formula is C21H15N3O3. The van der Waals surface area contributed by atoms with Crippen molar-refractivity contribution in [3.8, 4) is 23.5 Å². The van der Waals surface area contributed by atoms with Crippen LogP contribution in [0.3, 0.4) is 0 Å². The lowest BCUT2D eigenvalue weighted by atomic mass is 10.0. The van der Waals surface area contributed by atoms with Crippen LogP contribution in [0.5, 0.6) is 11.6 Å². The number of hydrogen-bond donors (Lipinski definition) is 2. The summed E-state index contributed by atoms with van der Waals surface area (Å²) in [6, 6.07) is 11.1. The normalized spacial score (nSPS) is 10.7. The summed E-state index contributed by atoms with van der Waals surface area (Å²) in [6.07, 6.45) is 5.09. The number of H-pyrrole nitrogens is 1. The molecule has 3 aromatic rings. The number of fused-ring (bicyclic) bond motifs is 1. The number of carboxylic acids is 1. The van der Waals surface area contributed by atoms with E-state index in [1.807, 2.05) is 24.3 Å². The first-order valence-electron chi connectivity index (χ1n) is 7.95. The van der Waals surface area contributed by atoms with Crippen molar-refractivity contribution in [2.75, 3.05) is 0 Å². The van der Waals surface area contributed by atoms with E-state index in [0.717, 1.165) is 21.9 Å². The Morgan fingerprint density at radius 3 is 2.67 bits per heavy atom. The first kappa shape index (κ1) is 17.7. The van der Waals surface area contributed by atoms with Crippen molar-refractivity contribution in [3.63, 3.8) is 0 Å². The Morgan fingerprint density at radius 1 is 1.19 bits per heavy atom. The molecule has 0 aliphatic heterocycles. The Balaban J connectivity index is 2.06. The molecule has 0 atom stereocenters. The molecule has 1 aromatic heterocycles. The summed E-state index contributed by atoms with van der Waals surface area (Å²) in [5.74, 6) is 5.31. The van der Waals surface area contributed by atoms with Gasteiger partial charge >= 0.3 is 5.97 Å². The zero-order chi connectivity index (χ0) is 19.2. The molecule has 0 saturated carbocycles. The third-order valence-corrected chi connectivity index (χ3v) is 3.68. The van der Waals surface area contributed by atoms with Gasteiger partial charge < -0.3 is 9.84 Å². The van der Waals surface area contributed by atoms with E-state index in [0.29, 0.717) is 5.75 Å². The number of aromatic carboxylic acids is 1. The second kappa shape index (κ2) is 7.85. The summed E-state index contributed by atoms with van der Waals surface area (Å²) in [6.45, 7) is 7.39. The van der Waals surface area contributed by atoms with Gasteiger partial charge in [0.05, 0.1) is 0 Å². The highest BCUT2D eigenvalue weighted by atomic mass is 16.5. The van der Waals surface area contributed by atoms with Crippen LogP contribution in [0.25, 0.3) is 10.8 Å². The van der Waals surface area contributed by atoms with Crippen LogP contribution in [0.2, 0.25) is 0 Å². The molecule has 132 valence electrons. The van der Waals surface area contributed by atoms with Crippen molar-refractivity contribution in [1.82, 2.24) is 15.4 Å². The van der Waals surface area contributed by atoms with Crippen LogP contribution in [0.4, 0.5) is 0 Å². The third kappa shape index (κ3) is 3.78. The molecular weight excluding hydrogens is 342 g/mol. The van der Waals surface area contributed by atoms with Gasteiger partial charge in [0.1, 0.15) is 5.75 Å². The molecule has 0 aliphatic carbocycles. The van der Waals surface area contributed by atoms with Crippen molar-refractivity contribution in [1.29, 1.82) is 0 Å². The zero-order valence-corrected chi connectivity index (χ0v) is 14.3. The van der Waals surface area contributed by atoms with Gasteiger partial charge in [-0.05, 0) is 18.2 Å². The fourth-order valence-electron chi connectivity index (χ4n) is 2.43. The van der Waals surface area contributed by atoms with Gasteiger partial charge in [0, 0.05) is 21.9 Å². The van der Waals surface area contributed by atoms with Crippen LogP contribution in [-0.2, 0) is 0 Å². The minimum Gasteiger partial charge on any atom is -0.476 e. The Bertz CT molecular complexity index is 1130. The molecule has 0 unspecified atom stereocenters. The quantitative estimate of drug-likeness (QED) is 0.530. The minimum absolute atomic E-state index is 0.102. The fraction of sp³-hybridized carbons (Fsp3) is 0. The maximum Gasteiger partial charge on any atom is 0.359 e. The highest BCUT2D eigenvalue weighted by Gasteiger charge is 2.17. The van der Waals surface area contributed by atoms with E-state index in [1.54, 1.807) is 30.4 Å². The van der Waals surface area contributed by atoms with Crippen LogP contribution in [0.1, 0.15) is 16.1 Å². The summed E-state index contributed by atoms with van der Waals surface area (Å²) in [5.41, 5.74) is 1.34. The molecule has 1 heterocycles. The summed E-state index contributed by atoms with van der Waals surface area (Å²) >= 11 is 0. The predicted molar refractivity (Wildman–Crippen MR) is 103 cm³/mol. The Hall–Kier alpha value is -4.11. The average Bonchev–Trinajstić information content (AvgIpc) is 3.15. The molecule has 3 rings (SSSR count). The maximum absolute atomic E-state index is 11.2. The van der Waals surface area contributed by atoms with E-state index >= 15 is 0 Å². The van der Waals surface area contributed by atoms with E-state index in [4.69, 9.17) is 9.84 Å². The first-order valence-corrected chi connectivity index (χ1v) is 7.95. The van der Waals surface area contributed by atoms with E-state index in [-0.39, 0.29) is 11.6 Å². The standard InChI is InChI=1S/C21H15N3O3/c1-3-7-14(4-2)10-11-15-12-13-18(17-9-6-5-8-16(15)17)27-20-19(21(25)26)22-24-23-20/h3-9,12-13H,1-2H2,(H,25,26)(H,22,23,24)/b14-7+. The predicted octanol–water partition coefficient (Wildman–Crippen LogP) is 4.10. The Kier molecular flexibility index (Phi) is 5.15. The van der Waals surface area contributed by atoms with Gasteiger partial charge in [0.25, 0.3) is 5.88 Å². The molecule has 0 radical (unpaired) electrons. The lowest BCUT2D eigenvalue weighted by Gasteiger charge is -2.08. The van der Waals surface area contributed by atoms with Gasteiger partial charge in [-0.1, -0.05) is 71.7 Å². The molecule has 0 aliphatic rings. The molecule has 0 saturated heterocycles. The van der Waals surface area contributed by atoms with E-state index in [2.05, 4.69) is 40.4 Å². The number of benzene rings is 2. The number of ether oxygens (including phenoxy) is 1. The summed E-state index contributed by atoms with van der Waals surface area (Å²) in [7, 11) is 0. The number of rotatable bonds is 5. The average molecular weight is 357 g/mol. The number of hydrogen-bond acceptors (Lipinski definition) is 4. The molecule has 27 heavy (non-hydrogen) atoms. The second-order valence-electron chi connectivity index (χ2n) is 5.37. The van der Waals surface area contributed by atoms with Crippen LogP contribution in [-0.4, -0.2) is 26.5 Å². The molecule has 6 heteroatoms. The number of aromatic nitrogens is 3. The molecule has 6 nitrogen and oxygen atoms in total. The second-order valence-corrected chi connectivity index (χ2v) is 5.37. The molecule has 0 bridgehead atoms. The van der Waals surface area contributed by atoms with Crippen LogP contribution in [0.15, 0.2) is 73.4 Å². The van der Waals surface area contributed by atoms with Crippen LogP contribution in [0, 0.1) is 11.8 Å². The first-order chi connectivity index (χ1) is 13.1. The molecule has 2 aromatic carbocycles.